The van der Waals surface area contributed by atoms with Crippen LogP contribution in [0.3, 0.4) is 0 Å². The molecule has 0 aliphatic rings. The second-order valence-electron chi connectivity index (χ2n) is 21.4. The number of ether oxygens (including phenoxy) is 1. The van der Waals surface area contributed by atoms with Crippen molar-refractivity contribution >= 4 is 11.9 Å². The number of carbonyl (C=O) groups excluding carboxylic acids is 2. The lowest BCUT2D eigenvalue weighted by molar-refractivity contribution is -0.143. The molecule has 2 unspecified atom stereocenters. The molecule has 0 radical (unpaired) electrons. The summed E-state index contributed by atoms with van der Waals surface area (Å²) in [6, 6.07) is -0.541. The minimum absolute atomic E-state index is 0.00534. The van der Waals surface area contributed by atoms with Crippen LogP contribution in [0.4, 0.5) is 0 Å². The van der Waals surface area contributed by atoms with Crippen LogP contribution in [-0.4, -0.2) is 47.4 Å². The molecule has 0 bridgehead atoms. The molecule has 6 nitrogen and oxygen atoms in total. The predicted octanol–water partition coefficient (Wildman–Crippen LogP) is 19.2. The molecule has 3 N–H and O–H groups in total. The van der Waals surface area contributed by atoms with Crippen LogP contribution in [0.5, 0.6) is 0 Å². The van der Waals surface area contributed by atoms with E-state index in [9.17, 15) is 19.8 Å². The van der Waals surface area contributed by atoms with Gasteiger partial charge in [-0.15, -0.1) is 0 Å². The second-order valence-corrected chi connectivity index (χ2v) is 21.4. The third kappa shape index (κ3) is 53.9. The van der Waals surface area contributed by atoms with Crippen LogP contribution in [-0.2, 0) is 14.3 Å². The summed E-state index contributed by atoms with van der Waals surface area (Å²) in [7, 11) is 0. The number of amides is 1. The number of unbranched alkanes of at least 4 members (excludes halogenated alkanes) is 45. The Hall–Kier alpha value is -1.40. The molecule has 404 valence electrons. The van der Waals surface area contributed by atoms with Crippen molar-refractivity contribution in [1.29, 1.82) is 0 Å². The van der Waals surface area contributed by atoms with Crippen LogP contribution in [0.15, 0.2) is 12.2 Å². The van der Waals surface area contributed by atoms with Gasteiger partial charge in [0.05, 0.1) is 25.4 Å². The molecule has 0 aromatic heterocycles. The van der Waals surface area contributed by atoms with E-state index in [1.165, 1.54) is 270 Å². The number of carbonyl (C=O) groups is 2. The molecule has 68 heavy (non-hydrogen) atoms. The van der Waals surface area contributed by atoms with Crippen molar-refractivity contribution in [1.82, 2.24) is 5.32 Å². The quantitative estimate of drug-likeness (QED) is 0.0321. The Labute approximate surface area is 425 Å². The van der Waals surface area contributed by atoms with Crippen LogP contribution >= 0.6 is 0 Å². The van der Waals surface area contributed by atoms with Gasteiger partial charge in [-0.25, -0.2) is 0 Å². The Morgan fingerprint density at radius 1 is 0.397 bits per heavy atom. The van der Waals surface area contributed by atoms with Gasteiger partial charge in [0, 0.05) is 12.8 Å². The molecular formula is C62H121NO5. The van der Waals surface area contributed by atoms with Crippen molar-refractivity contribution in [2.45, 2.75) is 360 Å². The van der Waals surface area contributed by atoms with Crippen molar-refractivity contribution in [3.63, 3.8) is 0 Å². The van der Waals surface area contributed by atoms with Crippen LogP contribution in [0.2, 0.25) is 0 Å². The number of hydrogen-bond acceptors (Lipinski definition) is 5. The van der Waals surface area contributed by atoms with Gasteiger partial charge in [-0.3, -0.25) is 9.59 Å². The van der Waals surface area contributed by atoms with Crippen molar-refractivity contribution in [2.75, 3.05) is 13.2 Å². The number of allylic oxidation sites excluding steroid dienone is 2. The monoisotopic (exact) mass is 960 g/mol. The maximum atomic E-state index is 12.5. The molecule has 0 saturated carbocycles. The van der Waals surface area contributed by atoms with E-state index in [0.717, 1.165) is 44.9 Å². The fourth-order valence-corrected chi connectivity index (χ4v) is 9.81. The molecule has 6 heteroatoms. The standard InChI is InChI=1S/C62H121NO5/c1-3-5-7-9-11-13-15-17-19-28-32-36-40-44-48-52-56-62(67)68-57-53-49-45-41-37-33-29-26-24-22-20-21-23-25-27-31-35-39-43-47-51-55-61(66)63-59(58-64)60(65)54-50-46-42-38-34-30-18-16-14-12-10-8-6-4-2/h19,28,59-60,64-65H,3-18,20-27,29-58H2,1-2H3,(H,63,66)/b28-19-. The number of hydrogen-bond donors (Lipinski definition) is 3. The van der Waals surface area contributed by atoms with Gasteiger partial charge in [0.1, 0.15) is 0 Å². The lowest BCUT2D eigenvalue weighted by Crippen LogP contribution is -2.45. The number of nitrogens with one attached hydrogen (secondary N) is 1. The van der Waals surface area contributed by atoms with E-state index < -0.39 is 12.1 Å². The Kier molecular flexibility index (Phi) is 57.0. The van der Waals surface area contributed by atoms with Gasteiger partial charge >= 0.3 is 5.97 Å². The number of aliphatic hydroxyl groups excluding tert-OH is 2. The van der Waals surface area contributed by atoms with Gasteiger partial charge in [-0.2, -0.15) is 0 Å². The number of esters is 1. The van der Waals surface area contributed by atoms with E-state index >= 15 is 0 Å². The fraction of sp³-hybridized carbons (Fsp3) is 0.935. The molecule has 0 aliphatic carbocycles. The van der Waals surface area contributed by atoms with Crippen LogP contribution in [0, 0.1) is 0 Å². The molecule has 1 amide bonds. The first-order valence-corrected chi connectivity index (χ1v) is 30.9. The van der Waals surface area contributed by atoms with Crippen molar-refractivity contribution in [3.8, 4) is 0 Å². The van der Waals surface area contributed by atoms with Crippen molar-refractivity contribution in [2.24, 2.45) is 0 Å². The van der Waals surface area contributed by atoms with Gasteiger partial charge in [-0.1, -0.05) is 296 Å². The Bertz CT molecular complexity index is 1020. The molecule has 0 aromatic rings. The molecule has 2 atom stereocenters. The fourth-order valence-electron chi connectivity index (χ4n) is 9.81. The highest BCUT2D eigenvalue weighted by molar-refractivity contribution is 5.76. The Morgan fingerprint density at radius 2 is 0.691 bits per heavy atom. The summed E-state index contributed by atoms with van der Waals surface area (Å²) in [5.74, 6) is -0.0286. The third-order valence-electron chi connectivity index (χ3n) is 14.6. The number of aliphatic hydroxyl groups is 2. The molecule has 0 spiro atoms. The SMILES string of the molecule is CCCCCCCCC/C=C\CCCCCCCC(=O)OCCCCCCCCCCCCCCCCCCCCCCCC(=O)NC(CO)C(O)CCCCCCCCCCCCCCCC. The summed E-state index contributed by atoms with van der Waals surface area (Å²) >= 11 is 0. The third-order valence-corrected chi connectivity index (χ3v) is 14.6. The zero-order valence-electron chi connectivity index (χ0n) is 46.1. The van der Waals surface area contributed by atoms with E-state index in [0.29, 0.717) is 25.9 Å². The van der Waals surface area contributed by atoms with Gasteiger partial charge < -0.3 is 20.3 Å². The van der Waals surface area contributed by atoms with E-state index in [4.69, 9.17) is 4.74 Å². The predicted molar refractivity (Wildman–Crippen MR) is 297 cm³/mol. The molecule has 0 aliphatic heterocycles. The molecule has 0 aromatic carbocycles. The summed E-state index contributed by atoms with van der Waals surface area (Å²) < 4.78 is 5.49. The first-order chi connectivity index (χ1) is 33.5. The largest absolute Gasteiger partial charge is 0.466 e. The highest BCUT2D eigenvalue weighted by Gasteiger charge is 2.20. The Balaban J connectivity index is 3.37. The van der Waals surface area contributed by atoms with Crippen LogP contribution in [0.25, 0.3) is 0 Å². The summed E-state index contributed by atoms with van der Waals surface area (Å²) in [5, 5.41) is 23.3. The average molecular weight is 961 g/mol. The van der Waals surface area contributed by atoms with E-state index in [1.54, 1.807) is 0 Å². The first-order valence-electron chi connectivity index (χ1n) is 30.9. The highest BCUT2D eigenvalue weighted by Crippen LogP contribution is 2.18. The number of rotatable bonds is 58. The molecular weight excluding hydrogens is 839 g/mol. The molecule has 0 fully saturated rings. The average Bonchev–Trinajstić information content (AvgIpc) is 3.34. The highest BCUT2D eigenvalue weighted by atomic mass is 16.5. The smallest absolute Gasteiger partial charge is 0.305 e. The van der Waals surface area contributed by atoms with E-state index in [-0.39, 0.29) is 18.5 Å². The summed E-state index contributed by atoms with van der Waals surface area (Å²) in [5.41, 5.74) is 0. The molecule has 0 saturated heterocycles. The first kappa shape index (κ1) is 66.6. The van der Waals surface area contributed by atoms with E-state index in [1.807, 2.05) is 0 Å². The van der Waals surface area contributed by atoms with Crippen molar-refractivity contribution < 1.29 is 24.5 Å². The summed E-state index contributed by atoms with van der Waals surface area (Å²) in [4.78, 5) is 24.5. The normalized spacial score (nSPS) is 12.6. The lowest BCUT2D eigenvalue weighted by atomic mass is 10.0. The molecule has 0 heterocycles. The topological polar surface area (TPSA) is 95.9 Å². The minimum Gasteiger partial charge on any atom is -0.466 e. The zero-order chi connectivity index (χ0) is 49.3. The second kappa shape index (κ2) is 58.2. The van der Waals surface area contributed by atoms with Gasteiger partial charge in [0.25, 0.3) is 0 Å². The lowest BCUT2D eigenvalue weighted by Gasteiger charge is -2.22. The van der Waals surface area contributed by atoms with Crippen LogP contribution in [0.1, 0.15) is 348 Å². The maximum Gasteiger partial charge on any atom is 0.305 e. The van der Waals surface area contributed by atoms with E-state index in [2.05, 4.69) is 31.3 Å². The summed E-state index contributed by atoms with van der Waals surface area (Å²) in [6.07, 6.45) is 69.3. The molecule has 0 rings (SSSR count). The Morgan fingerprint density at radius 3 is 1.04 bits per heavy atom. The van der Waals surface area contributed by atoms with Crippen LogP contribution < -0.4 is 5.32 Å². The van der Waals surface area contributed by atoms with Gasteiger partial charge in [0.2, 0.25) is 5.91 Å². The van der Waals surface area contributed by atoms with Gasteiger partial charge in [0.15, 0.2) is 0 Å². The maximum absolute atomic E-state index is 12.5. The summed E-state index contributed by atoms with van der Waals surface area (Å²) in [6.45, 7) is 4.97. The van der Waals surface area contributed by atoms with Gasteiger partial charge in [-0.05, 0) is 51.4 Å². The van der Waals surface area contributed by atoms with Crippen molar-refractivity contribution in [3.05, 3.63) is 12.2 Å². The zero-order valence-corrected chi connectivity index (χ0v) is 46.1. The minimum atomic E-state index is -0.664.